The normalized spacial score (nSPS) is 20.3. The van der Waals surface area contributed by atoms with Crippen molar-refractivity contribution < 1.29 is 24.1 Å². The highest BCUT2D eigenvalue weighted by Crippen LogP contribution is 2.31. The van der Waals surface area contributed by atoms with Gasteiger partial charge in [0, 0.05) is 65.1 Å². The molecule has 9 heteroatoms. The van der Waals surface area contributed by atoms with E-state index in [1.165, 1.54) is 0 Å². The fraction of sp³-hybridized carbons (Fsp3) is 0.586. The van der Waals surface area contributed by atoms with Crippen molar-refractivity contribution >= 4 is 17.4 Å². The third kappa shape index (κ3) is 7.89. The van der Waals surface area contributed by atoms with Crippen LogP contribution in [0.5, 0.6) is 5.75 Å². The Bertz CT molecular complexity index is 962. The Kier molecular flexibility index (Phi) is 11.2. The van der Waals surface area contributed by atoms with Crippen molar-refractivity contribution in [2.45, 2.75) is 25.7 Å². The molecule has 2 aliphatic rings. The summed E-state index contributed by atoms with van der Waals surface area (Å²) in [6.07, 6.45) is 5.25. The zero-order valence-electron chi connectivity index (χ0n) is 22.5. The Morgan fingerprint density at radius 1 is 1.03 bits per heavy atom. The summed E-state index contributed by atoms with van der Waals surface area (Å²) in [5.41, 5.74) is 1.08. The quantitative estimate of drug-likeness (QED) is 0.315. The van der Waals surface area contributed by atoms with Gasteiger partial charge in [0.15, 0.2) is 6.79 Å². The second kappa shape index (κ2) is 15.0. The lowest BCUT2D eigenvalue weighted by molar-refractivity contribution is -0.123. The minimum atomic E-state index is 0.00614. The van der Waals surface area contributed by atoms with E-state index in [1.54, 1.807) is 13.3 Å². The fourth-order valence-corrected chi connectivity index (χ4v) is 5.26. The van der Waals surface area contributed by atoms with Gasteiger partial charge in [-0.2, -0.15) is 0 Å². The molecular weight excluding hydrogens is 484 g/mol. The molecule has 1 aliphatic carbocycles. The van der Waals surface area contributed by atoms with E-state index < -0.39 is 0 Å². The first kappa shape index (κ1) is 28.3. The highest BCUT2D eigenvalue weighted by molar-refractivity contribution is 5.94. The number of methoxy groups -OCH3 is 1. The molecule has 0 bridgehead atoms. The van der Waals surface area contributed by atoms with E-state index in [9.17, 15) is 9.90 Å². The van der Waals surface area contributed by atoms with E-state index >= 15 is 0 Å². The molecule has 0 unspecified atom stereocenters. The zero-order valence-corrected chi connectivity index (χ0v) is 22.5. The summed E-state index contributed by atoms with van der Waals surface area (Å²) < 4.78 is 16.4. The summed E-state index contributed by atoms with van der Waals surface area (Å²) in [7, 11) is 1.65. The summed E-state index contributed by atoms with van der Waals surface area (Å²) >= 11 is 0. The van der Waals surface area contributed by atoms with E-state index in [-0.39, 0.29) is 25.2 Å². The second-order valence-corrected chi connectivity index (χ2v) is 10.0. The number of pyridine rings is 1. The van der Waals surface area contributed by atoms with Crippen LogP contribution in [0, 0.1) is 11.8 Å². The van der Waals surface area contributed by atoms with Crippen LogP contribution < -0.4 is 14.5 Å². The molecule has 4 rings (SSSR count). The lowest BCUT2D eigenvalue weighted by Gasteiger charge is -2.38. The second-order valence-electron chi connectivity index (χ2n) is 10.0. The molecule has 1 aromatic carbocycles. The van der Waals surface area contributed by atoms with Crippen molar-refractivity contribution in [2.24, 2.45) is 11.8 Å². The van der Waals surface area contributed by atoms with Crippen LogP contribution in [0.1, 0.15) is 25.7 Å². The fourth-order valence-electron chi connectivity index (χ4n) is 5.26. The van der Waals surface area contributed by atoms with Crippen LogP contribution in [-0.2, 0) is 14.3 Å². The van der Waals surface area contributed by atoms with Crippen molar-refractivity contribution in [2.75, 3.05) is 82.8 Å². The summed E-state index contributed by atoms with van der Waals surface area (Å²) in [5, 5.41) is 9.47. The number of aromatic nitrogens is 1. The predicted molar refractivity (Wildman–Crippen MR) is 148 cm³/mol. The number of amides is 1. The molecule has 1 aromatic heterocycles. The lowest BCUT2D eigenvalue weighted by Crippen LogP contribution is -2.50. The number of benzene rings is 1. The first-order valence-corrected chi connectivity index (χ1v) is 13.8. The van der Waals surface area contributed by atoms with Crippen molar-refractivity contribution in [1.29, 1.82) is 0 Å². The molecule has 1 saturated carbocycles. The molecule has 1 N–H and O–H groups in total. The summed E-state index contributed by atoms with van der Waals surface area (Å²) in [5.74, 6) is 2.04. The molecule has 2 heterocycles. The molecule has 0 radical (unpaired) electrons. The maximum Gasteiger partial charge on any atom is 0.231 e. The van der Waals surface area contributed by atoms with Gasteiger partial charge < -0.3 is 24.2 Å². The van der Waals surface area contributed by atoms with Crippen LogP contribution in [0.4, 0.5) is 11.5 Å². The SMILES string of the molecule is COCCOCOc1ccccc1N1CCN(CCN(c2ccccn2)C(=O)[C@H]2CC[C@H](CO)CC2)CC1. The minimum absolute atomic E-state index is 0.00614. The minimum Gasteiger partial charge on any atom is -0.465 e. The first-order valence-electron chi connectivity index (χ1n) is 13.8. The first-order chi connectivity index (χ1) is 18.7. The van der Waals surface area contributed by atoms with Gasteiger partial charge in [-0.05, 0) is 55.9 Å². The molecule has 9 nitrogen and oxygen atoms in total. The number of piperazine rings is 1. The zero-order chi connectivity index (χ0) is 26.6. The molecule has 2 aromatic rings. The van der Waals surface area contributed by atoms with Gasteiger partial charge >= 0.3 is 0 Å². The van der Waals surface area contributed by atoms with Gasteiger partial charge in [-0.1, -0.05) is 18.2 Å². The molecular formula is C29H42N4O5. The van der Waals surface area contributed by atoms with E-state index in [4.69, 9.17) is 14.2 Å². The van der Waals surface area contributed by atoms with Gasteiger partial charge in [0.25, 0.3) is 0 Å². The maximum absolute atomic E-state index is 13.6. The number of carbonyl (C=O) groups excluding carboxylic acids is 1. The summed E-state index contributed by atoms with van der Waals surface area (Å²) in [4.78, 5) is 24.7. The van der Waals surface area contributed by atoms with E-state index in [2.05, 4.69) is 20.9 Å². The Balaban J connectivity index is 1.30. The highest BCUT2D eigenvalue weighted by Gasteiger charge is 2.31. The molecule has 1 amide bonds. The van der Waals surface area contributed by atoms with Crippen LogP contribution in [0.2, 0.25) is 0 Å². The Hall–Kier alpha value is -2.72. The number of aliphatic hydroxyl groups is 1. The van der Waals surface area contributed by atoms with Gasteiger partial charge in [-0.25, -0.2) is 4.98 Å². The van der Waals surface area contributed by atoms with E-state index in [1.807, 2.05) is 41.3 Å². The topological polar surface area (TPSA) is 87.6 Å². The van der Waals surface area contributed by atoms with Crippen LogP contribution >= 0.6 is 0 Å². The van der Waals surface area contributed by atoms with Gasteiger partial charge in [-0.15, -0.1) is 0 Å². The number of hydrogen-bond donors (Lipinski definition) is 1. The average molecular weight is 527 g/mol. The predicted octanol–water partition coefficient (Wildman–Crippen LogP) is 3.03. The lowest BCUT2D eigenvalue weighted by atomic mass is 9.81. The number of nitrogens with zero attached hydrogens (tertiary/aromatic N) is 4. The molecule has 1 saturated heterocycles. The number of hydrogen-bond acceptors (Lipinski definition) is 8. The van der Waals surface area contributed by atoms with Crippen LogP contribution in [0.15, 0.2) is 48.7 Å². The number of rotatable bonds is 13. The monoisotopic (exact) mass is 526 g/mol. The van der Waals surface area contributed by atoms with Crippen molar-refractivity contribution in [1.82, 2.24) is 9.88 Å². The van der Waals surface area contributed by atoms with Gasteiger partial charge in [-0.3, -0.25) is 14.6 Å². The third-order valence-electron chi connectivity index (χ3n) is 7.59. The Morgan fingerprint density at radius 2 is 1.79 bits per heavy atom. The number of ether oxygens (including phenoxy) is 3. The maximum atomic E-state index is 13.6. The molecule has 1 aliphatic heterocycles. The standard InChI is InChI=1S/C29H42N4O5/c1-36-20-21-37-23-38-27-7-3-2-6-26(27)32-17-14-31(15-18-32)16-19-33(28-8-4-5-13-30-28)29(35)25-11-9-24(22-34)10-12-25/h2-8,13,24-25,34H,9-12,14-23H2,1H3/t24-,25-. The smallest absolute Gasteiger partial charge is 0.231 e. The molecule has 0 atom stereocenters. The average Bonchev–Trinajstić information content (AvgIpc) is 2.98. The van der Waals surface area contributed by atoms with Crippen LogP contribution in [0.3, 0.4) is 0 Å². The van der Waals surface area contributed by atoms with Crippen molar-refractivity contribution in [3.63, 3.8) is 0 Å². The van der Waals surface area contributed by atoms with E-state index in [0.29, 0.717) is 25.7 Å². The third-order valence-corrected chi connectivity index (χ3v) is 7.59. The Morgan fingerprint density at radius 3 is 2.50 bits per heavy atom. The number of anilines is 2. The highest BCUT2D eigenvalue weighted by atomic mass is 16.7. The van der Waals surface area contributed by atoms with Crippen LogP contribution in [-0.4, -0.2) is 93.9 Å². The number of para-hydroxylation sites is 2. The summed E-state index contributed by atoms with van der Waals surface area (Å²) in [6, 6.07) is 13.8. The van der Waals surface area contributed by atoms with Crippen molar-refractivity contribution in [3.8, 4) is 5.75 Å². The van der Waals surface area contributed by atoms with Gasteiger partial charge in [0.2, 0.25) is 5.91 Å². The number of aliphatic hydroxyl groups excluding tert-OH is 1. The number of carbonyl (C=O) groups is 1. The summed E-state index contributed by atoms with van der Waals surface area (Å²) in [6.45, 7) is 6.45. The molecule has 208 valence electrons. The molecule has 0 spiro atoms. The molecule has 38 heavy (non-hydrogen) atoms. The largest absolute Gasteiger partial charge is 0.465 e. The van der Waals surface area contributed by atoms with Crippen molar-refractivity contribution in [3.05, 3.63) is 48.7 Å². The Labute approximate surface area is 226 Å². The molecule has 2 fully saturated rings. The van der Waals surface area contributed by atoms with Gasteiger partial charge in [0.05, 0.1) is 18.9 Å². The van der Waals surface area contributed by atoms with Gasteiger partial charge in [0.1, 0.15) is 11.6 Å². The van der Waals surface area contributed by atoms with Crippen LogP contribution in [0.25, 0.3) is 0 Å². The van der Waals surface area contributed by atoms with E-state index in [0.717, 1.165) is 75.7 Å².